The number of piperazine rings is 1. The number of benzene rings is 2. The van der Waals surface area contributed by atoms with Crippen LogP contribution in [0.5, 0.6) is 5.75 Å². The number of rotatable bonds is 6. The van der Waals surface area contributed by atoms with Gasteiger partial charge in [-0.05, 0) is 43.3 Å². The van der Waals surface area contributed by atoms with Crippen molar-refractivity contribution in [2.75, 3.05) is 32.8 Å². The Labute approximate surface area is 204 Å². The smallest absolute Gasteiger partial charge is 0.257 e. The fraction of sp³-hybridized carbons (Fsp3) is 0.259. The van der Waals surface area contributed by atoms with Gasteiger partial charge in [-0.1, -0.05) is 41.9 Å². The molecule has 0 aliphatic carbocycles. The molecule has 6 nitrogen and oxygen atoms in total. The van der Waals surface area contributed by atoms with Gasteiger partial charge in [-0.25, -0.2) is 4.98 Å². The molecule has 1 saturated heterocycles. The Bertz CT molecular complexity index is 1290. The molecule has 0 N–H and O–H groups in total. The van der Waals surface area contributed by atoms with Crippen LogP contribution in [0.4, 0.5) is 0 Å². The van der Waals surface area contributed by atoms with Crippen molar-refractivity contribution in [3.63, 3.8) is 0 Å². The molecule has 3 heterocycles. The van der Waals surface area contributed by atoms with Crippen LogP contribution in [0.3, 0.4) is 0 Å². The first-order chi connectivity index (χ1) is 16.6. The molecule has 0 atom stereocenters. The van der Waals surface area contributed by atoms with Gasteiger partial charge in [0.25, 0.3) is 5.91 Å². The predicted molar refractivity (Wildman–Crippen MR) is 134 cm³/mol. The summed E-state index contributed by atoms with van der Waals surface area (Å²) in [5.41, 5.74) is 4.70. The zero-order chi connectivity index (χ0) is 23.5. The van der Waals surface area contributed by atoms with Gasteiger partial charge in [0, 0.05) is 49.5 Å². The highest BCUT2D eigenvalue weighted by molar-refractivity contribution is 6.30. The first-order valence-corrected chi connectivity index (χ1v) is 12.0. The summed E-state index contributed by atoms with van der Waals surface area (Å²) in [4.78, 5) is 22.4. The molecule has 4 aromatic rings. The molecule has 1 aliphatic rings. The molecule has 7 heteroatoms. The van der Waals surface area contributed by atoms with Gasteiger partial charge in [-0.15, -0.1) is 0 Å². The third-order valence-electron chi connectivity index (χ3n) is 6.20. The number of imidazole rings is 1. The number of para-hydroxylation sites is 1. The molecule has 0 saturated carbocycles. The van der Waals surface area contributed by atoms with E-state index in [0.29, 0.717) is 36.0 Å². The third kappa shape index (κ3) is 4.52. The topological polar surface area (TPSA) is 50.1 Å². The number of ether oxygens (including phenoxy) is 1. The zero-order valence-electron chi connectivity index (χ0n) is 19.2. The van der Waals surface area contributed by atoms with Gasteiger partial charge in [0.1, 0.15) is 11.4 Å². The van der Waals surface area contributed by atoms with E-state index >= 15 is 0 Å². The molecule has 0 radical (unpaired) electrons. The average molecular weight is 475 g/mol. The number of nitrogens with zero attached hydrogens (tertiary/aromatic N) is 4. The van der Waals surface area contributed by atoms with Crippen molar-refractivity contribution in [3.8, 4) is 17.0 Å². The molecular formula is C27H27ClN4O2. The van der Waals surface area contributed by atoms with Crippen molar-refractivity contribution in [2.24, 2.45) is 0 Å². The first kappa shape index (κ1) is 22.4. The predicted octanol–water partition coefficient (Wildman–Crippen LogP) is 5.01. The lowest BCUT2D eigenvalue weighted by atomic mass is 10.1. The second-order valence-electron chi connectivity index (χ2n) is 8.34. The average Bonchev–Trinajstić information content (AvgIpc) is 3.23. The number of aromatic nitrogens is 2. The van der Waals surface area contributed by atoms with E-state index in [1.807, 2.05) is 78.6 Å². The molecule has 0 bridgehead atoms. The Morgan fingerprint density at radius 1 is 0.971 bits per heavy atom. The number of amides is 1. The number of halogens is 1. The first-order valence-electron chi connectivity index (χ1n) is 11.6. The van der Waals surface area contributed by atoms with E-state index in [1.54, 1.807) is 0 Å². The number of carbonyl (C=O) groups is 1. The lowest BCUT2D eigenvalue weighted by Gasteiger charge is -2.35. The SMILES string of the molecule is CCOc1ccccc1C(=O)N1CCN(Cc2c(-c3ccc(Cl)cc3)nc3ccccn23)CC1. The molecule has 2 aromatic heterocycles. The molecule has 1 amide bonds. The number of carbonyl (C=O) groups excluding carboxylic acids is 1. The maximum Gasteiger partial charge on any atom is 0.257 e. The second kappa shape index (κ2) is 9.87. The van der Waals surface area contributed by atoms with Gasteiger partial charge < -0.3 is 14.0 Å². The Kier molecular flexibility index (Phi) is 6.52. The summed E-state index contributed by atoms with van der Waals surface area (Å²) >= 11 is 6.11. The largest absolute Gasteiger partial charge is 0.493 e. The number of hydrogen-bond acceptors (Lipinski definition) is 4. The van der Waals surface area contributed by atoms with Crippen LogP contribution in [0, 0.1) is 0 Å². The molecule has 0 unspecified atom stereocenters. The lowest BCUT2D eigenvalue weighted by molar-refractivity contribution is 0.0623. The van der Waals surface area contributed by atoms with Crippen molar-refractivity contribution in [1.29, 1.82) is 0 Å². The standard InChI is InChI=1S/C27H27ClN4O2/c1-2-34-24-8-4-3-7-22(24)27(33)31-17-15-30(16-18-31)19-23-26(20-10-12-21(28)13-11-20)29-25-9-5-6-14-32(23)25/h3-14H,2,15-19H2,1H3. The Hall–Kier alpha value is -3.35. The monoisotopic (exact) mass is 474 g/mol. The molecule has 1 fully saturated rings. The van der Waals surface area contributed by atoms with Crippen molar-refractivity contribution >= 4 is 23.2 Å². The van der Waals surface area contributed by atoms with Crippen LogP contribution in [0.2, 0.25) is 5.02 Å². The van der Waals surface area contributed by atoms with E-state index in [2.05, 4.69) is 15.5 Å². The fourth-order valence-electron chi connectivity index (χ4n) is 4.45. The minimum Gasteiger partial charge on any atom is -0.493 e. The van der Waals surface area contributed by atoms with Gasteiger partial charge in [0.05, 0.1) is 23.6 Å². The van der Waals surface area contributed by atoms with E-state index in [0.717, 1.165) is 42.2 Å². The van der Waals surface area contributed by atoms with E-state index in [9.17, 15) is 4.79 Å². The normalized spacial score (nSPS) is 14.5. The highest BCUT2D eigenvalue weighted by Crippen LogP contribution is 2.27. The summed E-state index contributed by atoms with van der Waals surface area (Å²) in [6.07, 6.45) is 2.06. The van der Waals surface area contributed by atoms with E-state index in [1.165, 1.54) is 0 Å². The van der Waals surface area contributed by atoms with Gasteiger partial charge >= 0.3 is 0 Å². The summed E-state index contributed by atoms with van der Waals surface area (Å²) < 4.78 is 7.82. The quantitative estimate of drug-likeness (QED) is 0.394. The van der Waals surface area contributed by atoms with Crippen LogP contribution in [-0.2, 0) is 6.54 Å². The third-order valence-corrected chi connectivity index (χ3v) is 6.45. The van der Waals surface area contributed by atoms with E-state index in [4.69, 9.17) is 21.3 Å². The van der Waals surface area contributed by atoms with Gasteiger partial charge in [-0.2, -0.15) is 0 Å². The lowest BCUT2D eigenvalue weighted by Crippen LogP contribution is -2.48. The maximum absolute atomic E-state index is 13.2. The molecular weight excluding hydrogens is 448 g/mol. The van der Waals surface area contributed by atoms with E-state index < -0.39 is 0 Å². The van der Waals surface area contributed by atoms with Crippen LogP contribution in [-0.4, -0.2) is 57.9 Å². The minimum absolute atomic E-state index is 0.0281. The molecule has 174 valence electrons. The van der Waals surface area contributed by atoms with Crippen molar-refractivity contribution in [2.45, 2.75) is 13.5 Å². The molecule has 1 aliphatic heterocycles. The molecule has 34 heavy (non-hydrogen) atoms. The Morgan fingerprint density at radius 2 is 1.71 bits per heavy atom. The Balaban J connectivity index is 1.33. The molecule has 0 spiro atoms. The summed E-state index contributed by atoms with van der Waals surface area (Å²) in [6.45, 7) is 6.15. The van der Waals surface area contributed by atoms with Gasteiger partial charge in [0.2, 0.25) is 0 Å². The number of hydrogen-bond donors (Lipinski definition) is 0. The maximum atomic E-state index is 13.2. The number of fused-ring (bicyclic) bond motifs is 1. The van der Waals surface area contributed by atoms with Gasteiger partial charge in [-0.3, -0.25) is 9.69 Å². The highest BCUT2D eigenvalue weighted by Gasteiger charge is 2.26. The summed E-state index contributed by atoms with van der Waals surface area (Å²) in [7, 11) is 0. The van der Waals surface area contributed by atoms with Crippen LogP contribution in [0.1, 0.15) is 23.0 Å². The summed E-state index contributed by atoms with van der Waals surface area (Å²) in [5.74, 6) is 0.677. The minimum atomic E-state index is 0.0281. The molecule has 5 rings (SSSR count). The molecule has 2 aromatic carbocycles. The number of pyridine rings is 1. The fourth-order valence-corrected chi connectivity index (χ4v) is 4.58. The Morgan fingerprint density at radius 3 is 2.47 bits per heavy atom. The van der Waals surface area contributed by atoms with Crippen molar-refractivity contribution in [3.05, 3.63) is 89.2 Å². The van der Waals surface area contributed by atoms with Crippen LogP contribution < -0.4 is 4.74 Å². The van der Waals surface area contributed by atoms with Crippen molar-refractivity contribution in [1.82, 2.24) is 19.2 Å². The van der Waals surface area contributed by atoms with Crippen LogP contribution in [0.25, 0.3) is 16.9 Å². The van der Waals surface area contributed by atoms with Crippen LogP contribution >= 0.6 is 11.6 Å². The summed E-state index contributed by atoms with van der Waals surface area (Å²) in [6, 6.07) is 21.4. The van der Waals surface area contributed by atoms with Crippen molar-refractivity contribution < 1.29 is 9.53 Å². The van der Waals surface area contributed by atoms with Gasteiger partial charge in [0.15, 0.2) is 0 Å². The highest BCUT2D eigenvalue weighted by atomic mass is 35.5. The second-order valence-corrected chi connectivity index (χ2v) is 8.78. The van der Waals surface area contributed by atoms with E-state index in [-0.39, 0.29) is 5.91 Å². The summed E-state index contributed by atoms with van der Waals surface area (Å²) in [5, 5.41) is 0.709. The van der Waals surface area contributed by atoms with Crippen LogP contribution in [0.15, 0.2) is 72.9 Å². The zero-order valence-corrected chi connectivity index (χ0v) is 19.9.